The number of imide groups is 1. The Bertz CT molecular complexity index is 1250. The van der Waals surface area contributed by atoms with Gasteiger partial charge in [-0.25, -0.2) is 9.69 Å². The molecule has 4 rings (SSSR count). The molecule has 1 heterocycles. The highest BCUT2D eigenvalue weighted by Crippen LogP contribution is 2.37. The minimum atomic E-state index is -0.983. The van der Waals surface area contributed by atoms with Crippen LogP contribution in [0.1, 0.15) is 28.4 Å². The first kappa shape index (κ1) is 23.1. The molecule has 0 aromatic heterocycles. The monoisotopic (exact) mass is 475 g/mol. The third-order valence-electron chi connectivity index (χ3n) is 4.97. The highest BCUT2D eigenvalue weighted by atomic mass is 32.2. The molecule has 1 fully saturated rings. The van der Waals surface area contributed by atoms with Gasteiger partial charge >= 0.3 is 5.97 Å². The summed E-state index contributed by atoms with van der Waals surface area (Å²) >= 11 is 0.890. The third kappa shape index (κ3) is 5.13. The van der Waals surface area contributed by atoms with Crippen LogP contribution in [0.25, 0.3) is 6.08 Å². The molecule has 7 nitrogen and oxygen atoms in total. The van der Waals surface area contributed by atoms with Crippen LogP contribution < -0.4 is 14.4 Å². The van der Waals surface area contributed by atoms with E-state index in [1.165, 1.54) is 12.1 Å². The van der Waals surface area contributed by atoms with Gasteiger partial charge in [-0.2, -0.15) is 0 Å². The lowest BCUT2D eigenvalue weighted by atomic mass is 10.1. The molecule has 0 radical (unpaired) electrons. The maximum atomic E-state index is 12.8. The van der Waals surface area contributed by atoms with Crippen molar-refractivity contribution in [3.05, 3.63) is 94.4 Å². The number of para-hydroxylation sites is 1. The molecule has 3 aromatic rings. The lowest BCUT2D eigenvalue weighted by Gasteiger charge is -2.13. The molecule has 0 spiro atoms. The summed E-state index contributed by atoms with van der Waals surface area (Å²) in [5.74, 6) is -0.341. The van der Waals surface area contributed by atoms with E-state index < -0.39 is 5.97 Å². The van der Waals surface area contributed by atoms with E-state index in [2.05, 4.69) is 0 Å². The first-order valence-corrected chi connectivity index (χ1v) is 11.3. The molecule has 1 aliphatic rings. The molecule has 172 valence electrons. The lowest BCUT2D eigenvalue weighted by molar-refractivity contribution is -0.113. The molecule has 1 aliphatic heterocycles. The van der Waals surface area contributed by atoms with Crippen LogP contribution in [0.4, 0.5) is 10.5 Å². The van der Waals surface area contributed by atoms with Gasteiger partial charge in [0, 0.05) is 0 Å². The number of carboxylic acids is 1. The lowest BCUT2D eigenvalue weighted by Crippen LogP contribution is -2.27. The normalized spacial score (nSPS) is 14.5. The van der Waals surface area contributed by atoms with Crippen LogP contribution in [-0.4, -0.2) is 28.8 Å². The van der Waals surface area contributed by atoms with Crippen molar-refractivity contribution < 1.29 is 29.0 Å². The molecule has 2 amide bonds. The van der Waals surface area contributed by atoms with Gasteiger partial charge in [-0.15, -0.1) is 0 Å². The minimum absolute atomic E-state index is 0.208. The fourth-order valence-corrected chi connectivity index (χ4v) is 4.17. The van der Waals surface area contributed by atoms with E-state index in [4.69, 9.17) is 14.6 Å². The molecular formula is C26H21NO6S. The molecule has 0 atom stereocenters. The number of hydrogen-bond acceptors (Lipinski definition) is 6. The number of rotatable bonds is 8. The van der Waals surface area contributed by atoms with Gasteiger partial charge in [0.15, 0.2) is 11.5 Å². The van der Waals surface area contributed by atoms with Crippen LogP contribution in [0.5, 0.6) is 11.5 Å². The van der Waals surface area contributed by atoms with Crippen molar-refractivity contribution in [2.24, 2.45) is 0 Å². The zero-order valence-electron chi connectivity index (χ0n) is 18.3. The number of benzene rings is 3. The van der Waals surface area contributed by atoms with Crippen LogP contribution >= 0.6 is 11.8 Å². The molecular weight excluding hydrogens is 454 g/mol. The van der Waals surface area contributed by atoms with Gasteiger partial charge < -0.3 is 14.6 Å². The van der Waals surface area contributed by atoms with Gasteiger partial charge in [-0.05, 0) is 72.3 Å². The molecule has 3 aromatic carbocycles. The number of carbonyl (C=O) groups excluding carboxylic acids is 2. The second kappa shape index (κ2) is 10.3. The fourth-order valence-electron chi connectivity index (χ4n) is 3.33. The summed E-state index contributed by atoms with van der Waals surface area (Å²) in [5, 5.41) is 8.67. The Kier molecular flexibility index (Phi) is 6.98. The Balaban J connectivity index is 1.52. The molecule has 0 aliphatic carbocycles. The van der Waals surface area contributed by atoms with Crippen LogP contribution in [0.15, 0.2) is 77.7 Å². The van der Waals surface area contributed by atoms with Gasteiger partial charge in [-0.3, -0.25) is 9.59 Å². The van der Waals surface area contributed by atoms with E-state index in [9.17, 15) is 14.4 Å². The third-order valence-corrected chi connectivity index (χ3v) is 5.84. The highest BCUT2D eigenvalue weighted by molar-refractivity contribution is 8.19. The molecule has 0 saturated carbocycles. The van der Waals surface area contributed by atoms with Crippen molar-refractivity contribution in [1.29, 1.82) is 0 Å². The SMILES string of the molecule is CCOc1cc(C=C2SC(=O)N(c3ccccc3)C2=O)ccc1OCc1ccc(C(=O)O)cc1. The number of aromatic carboxylic acids is 1. The summed E-state index contributed by atoms with van der Waals surface area (Å²) in [4.78, 5) is 37.8. The van der Waals surface area contributed by atoms with E-state index in [0.717, 1.165) is 22.2 Å². The predicted octanol–water partition coefficient (Wildman–Crippen LogP) is 5.60. The van der Waals surface area contributed by atoms with Gasteiger partial charge in [0.2, 0.25) is 0 Å². The Hall–Kier alpha value is -4.04. The fraction of sp³-hybridized carbons (Fsp3) is 0.115. The first-order chi connectivity index (χ1) is 16.5. The number of thioether (sulfide) groups is 1. The van der Waals surface area contributed by atoms with Gasteiger partial charge in [0.25, 0.3) is 11.1 Å². The number of carbonyl (C=O) groups is 3. The second-order valence-corrected chi connectivity index (χ2v) is 8.28. The number of carboxylic acid groups (broad SMARTS) is 1. The molecule has 1 N–H and O–H groups in total. The van der Waals surface area contributed by atoms with Crippen LogP contribution in [0.2, 0.25) is 0 Å². The average molecular weight is 476 g/mol. The smallest absolute Gasteiger partial charge is 0.335 e. The van der Waals surface area contributed by atoms with Crippen LogP contribution in [-0.2, 0) is 11.4 Å². The van der Waals surface area contributed by atoms with E-state index >= 15 is 0 Å². The number of nitrogens with zero attached hydrogens (tertiary/aromatic N) is 1. The number of amides is 2. The summed E-state index contributed by atoms with van der Waals surface area (Å²) in [7, 11) is 0. The molecule has 0 bridgehead atoms. The first-order valence-electron chi connectivity index (χ1n) is 10.5. The summed E-state index contributed by atoms with van der Waals surface area (Å²) in [6.07, 6.45) is 1.66. The van der Waals surface area contributed by atoms with Gasteiger partial charge in [0.05, 0.1) is 22.8 Å². The van der Waals surface area contributed by atoms with Crippen molar-refractivity contribution in [2.45, 2.75) is 13.5 Å². The maximum Gasteiger partial charge on any atom is 0.335 e. The minimum Gasteiger partial charge on any atom is -0.490 e. The zero-order chi connectivity index (χ0) is 24.1. The Morgan fingerprint density at radius 1 is 0.971 bits per heavy atom. The van der Waals surface area contributed by atoms with E-state index in [1.807, 2.05) is 13.0 Å². The van der Waals surface area contributed by atoms with Crippen molar-refractivity contribution in [2.75, 3.05) is 11.5 Å². The Labute approximate surface area is 200 Å². The standard InChI is InChI=1S/C26H21NO6S/c1-2-32-22-14-18(10-13-21(22)33-16-17-8-11-19(12-9-17)25(29)30)15-23-24(28)27(26(31)34-23)20-6-4-3-5-7-20/h3-15H,2,16H2,1H3,(H,29,30). The molecule has 8 heteroatoms. The van der Waals surface area contributed by atoms with Gasteiger partial charge in [-0.1, -0.05) is 36.4 Å². The highest BCUT2D eigenvalue weighted by Gasteiger charge is 2.36. The number of ether oxygens (including phenoxy) is 2. The Morgan fingerprint density at radius 3 is 2.38 bits per heavy atom. The number of hydrogen-bond donors (Lipinski definition) is 1. The summed E-state index contributed by atoms with van der Waals surface area (Å²) < 4.78 is 11.6. The molecule has 34 heavy (non-hydrogen) atoms. The quantitative estimate of drug-likeness (QED) is 0.424. The largest absolute Gasteiger partial charge is 0.490 e. The van der Waals surface area contributed by atoms with Crippen molar-refractivity contribution in [3.63, 3.8) is 0 Å². The summed E-state index contributed by atoms with van der Waals surface area (Å²) in [6, 6.07) is 20.5. The predicted molar refractivity (Wildman–Crippen MR) is 130 cm³/mol. The Morgan fingerprint density at radius 2 is 1.71 bits per heavy atom. The van der Waals surface area contributed by atoms with E-state index in [0.29, 0.717) is 34.3 Å². The van der Waals surface area contributed by atoms with Crippen LogP contribution in [0, 0.1) is 0 Å². The second-order valence-electron chi connectivity index (χ2n) is 7.28. The van der Waals surface area contributed by atoms with E-state index in [-0.39, 0.29) is 23.3 Å². The average Bonchev–Trinajstić information content (AvgIpc) is 3.12. The van der Waals surface area contributed by atoms with Gasteiger partial charge in [0.1, 0.15) is 6.61 Å². The summed E-state index contributed by atoms with van der Waals surface area (Å²) in [6.45, 7) is 2.50. The summed E-state index contributed by atoms with van der Waals surface area (Å²) in [5.41, 5.74) is 2.25. The maximum absolute atomic E-state index is 12.8. The molecule has 0 unspecified atom stereocenters. The van der Waals surface area contributed by atoms with E-state index in [1.54, 1.807) is 60.7 Å². The topological polar surface area (TPSA) is 93.1 Å². The van der Waals surface area contributed by atoms with Crippen molar-refractivity contribution in [1.82, 2.24) is 0 Å². The zero-order valence-corrected chi connectivity index (χ0v) is 19.1. The van der Waals surface area contributed by atoms with Crippen molar-refractivity contribution in [3.8, 4) is 11.5 Å². The number of anilines is 1. The van der Waals surface area contributed by atoms with Crippen molar-refractivity contribution >= 4 is 40.6 Å². The molecule has 1 saturated heterocycles. The van der Waals surface area contributed by atoms with Crippen LogP contribution in [0.3, 0.4) is 0 Å².